The maximum atomic E-state index is 11.0. The van der Waals surface area contributed by atoms with Crippen molar-refractivity contribution in [1.82, 2.24) is 0 Å². The van der Waals surface area contributed by atoms with E-state index in [4.69, 9.17) is 5.11 Å². The molecule has 0 unspecified atom stereocenters. The lowest BCUT2D eigenvalue weighted by Gasteiger charge is -2.30. The summed E-state index contributed by atoms with van der Waals surface area (Å²) in [5.41, 5.74) is 2.00. The smallest absolute Gasteiger partial charge is 0.305 e. The first kappa shape index (κ1) is 13.1. The Morgan fingerprint density at radius 2 is 1.42 bits per heavy atom. The summed E-state index contributed by atoms with van der Waals surface area (Å²) in [6, 6.07) is 19.6. The van der Waals surface area contributed by atoms with Crippen LogP contribution in [0.4, 0.5) is 11.4 Å². The van der Waals surface area contributed by atoms with Crippen molar-refractivity contribution in [2.75, 3.05) is 4.90 Å². The van der Waals surface area contributed by atoms with E-state index >= 15 is 0 Å². The maximum Gasteiger partial charge on any atom is 0.305 e. The highest BCUT2D eigenvalue weighted by Crippen LogP contribution is 2.28. The van der Waals surface area contributed by atoms with Gasteiger partial charge in [0.15, 0.2) is 0 Å². The molecule has 19 heavy (non-hydrogen) atoms. The normalized spacial score (nSPS) is 11.8. The van der Waals surface area contributed by atoms with Crippen LogP contribution >= 0.6 is 0 Å². The van der Waals surface area contributed by atoms with E-state index in [0.717, 1.165) is 11.4 Å². The SMILES string of the molecule is C[C@@H](CC(=O)O)N(c1ccccc1)c1ccccc1. The number of aliphatic carboxylic acids is 1. The van der Waals surface area contributed by atoms with Gasteiger partial charge in [-0.2, -0.15) is 0 Å². The third-order valence-corrected chi connectivity index (χ3v) is 2.98. The Morgan fingerprint density at radius 1 is 1.00 bits per heavy atom. The van der Waals surface area contributed by atoms with E-state index in [1.807, 2.05) is 72.5 Å². The van der Waals surface area contributed by atoms with Gasteiger partial charge in [-0.3, -0.25) is 4.79 Å². The molecule has 0 fully saturated rings. The molecule has 0 aliphatic carbocycles. The van der Waals surface area contributed by atoms with Gasteiger partial charge in [-0.15, -0.1) is 0 Å². The lowest BCUT2D eigenvalue weighted by Crippen LogP contribution is -2.30. The van der Waals surface area contributed by atoms with Gasteiger partial charge in [0.1, 0.15) is 0 Å². The van der Waals surface area contributed by atoms with Gasteiger partial charge in [-0.05, 0) is 31.2 Å². The summed E-state index contributed by atoms with van der Waals surface area (Å²) in [5, 5.41) is 9.00. The van der Waals surface area contributed by atoms with Gasteiger partial charge in [0.05, 0.1) is 6.42 Å². The minimum absolute atomic E-state index is 0.101. The molecule has 2 aromatic carbocycles. The Balaban J connectivity index is 2.37. The summed E-state index contributed by atoms with van der Waals surface area (Å²) in [5.74, 6) is -0.788. The van der Waals surface area contributed by atoms with E-state index in [9.17, 15) is 4.79 Å². The third-order valence-electron chi connectivity index (χ3n) is 2.98. The number of nitrogens with zero attached hydrogens (tertiary/aromatic N) is 1. The zero-order valence-corrected chi connectivity index (χ0v) is 10.9. The van der Waals surface area contributed by atoms with Crippen LogP contribution in [0.5, 0.6) is 0 Å². The number of hydrogen-bond acceptors (Lipinski definition) is 2. The zero-order valence-electron chi connectivity index (χ0n) is 10.9. The van der Waals surface area contributed by atoms with E-state index in [1.165, 1.54) is 0 Å². The molecule has 98 valence electrons. The standard InChI is InChI=1S/C16H17NO2/c1-13(12-16(18)19)17(14-8-4-2-5-9-14)15-10-6-3-7-11-15/h2-11,13H,12H2,1H3,(H,18,19)/t13-/m0/s1. The summed E-state index contributed by atoms with van der Waals surface area (Å²) < 4.78 is 0. The molecule has 2 rings (SSSR count). The minimum atomic E-state index is -0.788. The van der Waals surface area contributed by atoms with Crippen molar-refractivity contribution in [3.8, 4) is 0 Å². The molecular formula is C16H17NO2. The predicted molar refractivity (Wildman–Crippen MR) is 76.7 cm³/mol. The van der Waals surface area contributed by atoms with Crippen molar-refractivity contribution < 1.29 is 9.90 Å². The van der Waals surface area contributed by atoms with Gasteiger partial charge in [0.25, 0.3) is 0 Å². The van der Waals surface area contributed by atoms with Crippen molar-refractivity contribution in [3.05, 3.63) is 60.7 Å². The molecule has 3 heteroatoms. The van der Waals surface area contributed by atoms with Crippen LogP contribution in [0.3, 0.4) is 0 Å². The molecule has 0 aliphatic heterocycles. The minimum Gasteiger partial charge on any atom is -0.481 e. The third kappa shape index (κ3) is 3.35. The second kappa shape index (κ2) is 6.05. The monoisotopic (exact) mass is 255 g/mol. The number of carboxylic acids is 1. The molecule has 0 radical (unpaired) electrons. The van der Waals surface area contributed by atoms with E-state index in [1.54, 1.807) is 0 Å². The highest BCUT2D eigenvalue weighted by Gasteiger charge is 2.18. The first-order valence-electron chi connectivity index (χ1n) is 6.29. The molecule has 1 N–H and O–H groups in total. The van der Waals surface area contributed by atoms with Crippen molar-refractivity contribution >= 4 is 17.3 Å². The molecule has 0 heterocycles. The van der Waals surface area contributed by atoms with E-state index < -0.39 is 5.97 Å². The first-order valence-corrected chi connectivity index (χ1v) is 6.29. The molecule has 0 aromatic heterocycles. The average molecular weight is 255 g/mol. The Morgan fingerprint density at radius 3 is 1.79 bits per heavy atom. The summed E-state index contributed by atoms with van der Waals surface area (Å²) in [4.78, 5) is 13.0. The molecule has 1 atom stereocenters. The van der Waals surface area contributed by atoms with Crippen LogP contribution in [0.15, 0.2) is 60.7 Å². The van der Waals surface area contributed by atoms with Gasteiger partial charge in [-0.1, -0.05) is 36.4 Å². The Hall–Kier alpha value is -2.29. The zero-order chi connectivity index (χ0) is 13.7. The Bertz CT molecular complexity index is 485. The summed E-state index contributed by atoms with van der Waals surface area (Å²) in [6.45, 7) is 1.92. The van der Waals surface area contributed by atoms with Crippen LogP contribution in [0.25, 0.3) is 0 Å². The van der Waals surface area contributed by atoms with E-state index in [0.29, 0.717) is 0 Å². The molecule has 0 aliphatic rings. The largest absolute Gasteiger partial charge is 0.481 e. The van der Waals surface area contributed by atoms with E-state index in [-0.39, 0.29) is 12.5 Å². The Kier molecular flexibility index (Phi) is 4.18. The van der Waals surface area contributed by atoms with Crippen LogP contribution in [0, 0.1) is 0 Å². The molecule has 0 saturated carbocycles. The molecule has 2 aromatic rings. The van der Waals surface area contributed by atoms with Crippen LogP contribution in [0.1, 0.15) is 13.3 Å². The number of hydrogen-bond donors (Lipinski definition) is 1. The molecular weight excluding hydrogens is 238 g/mol. The number of anilines is 2. The fourth-order valence-corrected chi connectivity index (χ4v) is 2.18. The second-order valence-electron chi connectivity index (χ2n) is 4.49. The molecule has 0 amide bonds. The predicted octanol–water partition coefficient (Wildman–Crippen LogP) is 3.69. The van der Waals surface area contributed by atoms with Gasteiger partial charge in [-0.25, -0.2) is 0 Å². The maximum absolute atomic E-state index is 11.0. The van der Waals surface area contributed by atoms with Crippen molar-refractivity contribution in [1.29, 1.82) is 0 Å². The topological polar surface area (TPSA) is 40.5 Å². The highest BCUT2D eigenvalue weighted by atomic mass is 16.4. The summed E-state index contributed by atoms with van der Waals surface area (Å²) >= 11 is 0. The first-order chi connectivity index (χ1) is 9.18. The van der Waals surface area contributed by atoms with E-state index in [2.05, 4.69) is 0 Å². The summed E-state index contributed by atoms with van der Waals surface area (Å²) in [6.07, 6.45) is 0.101. The van der Waals surface area contributed by atoms with Crippen LogP contribution in [0.2, 0.25) is 0 Å². The van der Waals surface area contributed by atoms with Crippen molar-refractivity contribution in [2.45, 2.75) is 19.4 Å². The van der Waals surface area contributed by atoms with Gasteiger partial charge < -0.3 is 10.0 Å². The van der Waals surface area contributed by atoms with Crippen molar-refractivity contribution in [2.24, 2.45) is 0 Å². The van der Waals surface area contributed by atoms with Gasteiger partial charge in [0, 0.05) is 17.4 Å². The molecule has 3 nitrogen and oxygen atoms in total. The number of para-hydroxylation sites is 2. The average Bonchev–Trinajstić information content (AvgIpc) is 2.40. The number of benzene rings is 2. The number of carbonyl (C=O) groups is 1. The highest BCUT2D eigenvalue weighted by molar-refractivity contribution is 5.71. The van der Waals surface area contributed by atoms with Gasteiger partial charge >= 0.3 is 5.97 Å². The second-order valence-corrected chi connectivity index (χ2v) is 4.49. The quantitative estimate of drug-likeness (QED) is 0.885. The fraction of sp³-hybridized carbons (Fsp3) is 0.188. The van der Waals surface area contributed by atoms with Crippen molar-refractivity contribution in [3.63, 3.8) is 0 Å². The molecule has 0 saturated heterocycles. The lowest BCUT2D eigenvalue weighted by molar-refractivity contribution is -0.137. The summed E-state index contributed by atoms with van der Waals surface area (Å²) in [7, 11) is 0. The fourth-order valence-electron chi connectivity index (χ4n) is 2.18. The number of carboxylic acid groups (broad SMARTS) is 1. The van der Waals surface area contributed by atoms with Crippen LogP contribution in [-0.4, -0.2) is 17.1 Å². The molecule has 0 spiro atoms. The lowest BCUT2D eigenvalue weighted by atomic mass is 10.1. The molecule has 0 bridgehead atoms. The van der Waals surface area contributed by atoms with Crippen LogP contribution in [-0.2, 0) is 4.79 Å². The van der Waals surface area contributed by atoms with Crippen LogP contribution < -0.4 is 4.90 Å². The Labute approximate surface area is 113 Å². The number of rotatable bonds is 5. The van der Waals surface area contributed by atoms with Gasteiger partial charge in [0.2, 0.25) is 0 Å².